The zero-order valence-corrected chi connectivity index (χ0v) is 10.6. The lowest BCUT2D eigenvalue weighted by atomic mass is 10.2. The van der Waals surface area contributed by atoms with Crippen LogP contribution in [-0.4, -0.2) is 17.7 Å². The topological polar surface area (TPSA) is 71.7 Å². The first kappa shape index (κ1) is 13.0. The summed E-state index contributed by atoms with van der Waals surface area (Å²) in [5, 5.41) is 12.0. The van der Waals surface area contributed by atoms with Crippen molar-refractivity contribution in [2.24, 2.45) is 0 Å². The molecule has 0 spiro atoms. The van der Waals surface area contributed by atoms with E-state index in [1.165, 1.54) is 6.26 Å². The number of ether oxygens (including phenoxy) is 1. The number of nitrogens with one attached hydrogen (secondary N) is 1. The molecule has 0 unspecified atom stereocenters. The second-order valence-electron chi connectivity index (χ2n) is 3.89. The number of anilines is 1. The summed E-state index contributed by atoms with van der Waals surface area (Å²) in [5.74, 6) is -0.283. The molecule has 2 aromatic rings. The van der Waals surface area contributed by atoms with Gasteiger partial charge in [-0.25, -0.2) is 4.79 Å². The Kier molecular flexibility index (Phi) is 4.07. The molecule has 1 aromatic heterocycles. The Hall–Kier alpha value is -2.43. The fraction of sp³-hybridized carbons (Fsp3) is 0.214. The van der Waals surface area contributed by atoms with Gasteiger partial charge in [-0.1, -0.05) is 0 Å². The number of carboxylic acid groups (broad SMARTS) is 1. The Morgan fingerprint density at radius 2 is 2.05 bits per heavy atom. The Balaban J connectivity index is 1.98. The highest BCUT2D eigenvalue weighted by Gasteiger charge is 2.13. The van der Waals surface area contributed by atoms with Gasteiger partial charge in [-0.3, -0.25) is 0 Å². The Bertz CT molecular complexity index is 545. The monoisotopic (exact) mass is 261 g/mol. The number of hydrogen-bond donors (Lipinski definition) is 2. The summed E-state index contributed by atoms with van der Waals surface area (Å²) < 4.78 is 10.2. The first-order valence-corrected chi connectivity index (χ1v) is 5.97. The molecule has 0 radical (unpaired) electrons. The van der Waals surface area contributed by atoms with Crippen molar-refractivity contribution in [2.45, 2.75) is 13.5 Å². The molecule has 0 bridgehead atoms. The van der Waals surface area contributed by atoms with Crippen LogP contribution in [0.25, 0.3) is 0 Å². The van der Waals surface area contributed by atoms with Gasteiger partial charge in [0.1, 0.15) is 5.75 Å². The lowest BCUT2D eigenvalue weighted by Crippen LogP contribution is -2.04. The molecule has 100 valence electrons. The van der Waals surface area contributed by atoms with Gasteiger partial charge in [-0.15, -0.1) is 0 Å². The number of benzene rings is 1. The molecule has 2 N–H and O–H groups in total. The quantitative estimate of drug-likeness (QED) is 0.836. The van der Waals surface area contributed by atoms with Crippen LogP contribution in [0.3, 0.4) is 0 Å². The van der Waals surface area contributed by atoms with Gasteiger partial charge in [0, 0.05) is 17.8 Å². The molecule has 0 aliphatic rings. The lowest BCUT2D eigenvalue weighted by molar-refractivity contribution is 0.0661. The Morgan fingerprint density at radius 1 is 1.32 bits per heavy atom. The number of aromatic carboxylic acids is 1. The number of hydrogen-bond acceptors (Lipinski definition) is 4. The van der Waals surface area contributed by atoms with Crippen LogP contribution in [0, 0.1) is 0 Å². The van der Waals surface area contributed by atoms with E-state index in [9.17, 15) is 4.79 Å². The average molecular weight is 261 g/mol. The van der Waals surface area contributed by atoms with Gasteiger partial charge >= 0.3 is 5.97 Å². The molecule has 1 heterocycles. The molecule has 0 atom stereocenters. The zero-order valence-electron chi connectivity index (χ0n) is 10.6. The second kappa shape index (κ2) is 5.95. The molecule has 5 nitrogen and oxygen atoms in total. The van der Waals surface area contributed by atoms with Gasteiger partial charge < -0.3 is 19.6 Å². The SMILES string of the molecule is CCOc1ccc(NCc2ccoc2C(=O)O)cc1. The van der Waals surface area contributed by atoms with Gasteiger partial charge in [0.2, 0.25) is 5.76 Å². The van der Waals surface area contributed by atoms with Crippen molar-refractivity contribution in [3.8, 4) is 5.75 Å². The maximum Gasteiger partial charge on any atom is 0.372 e. The summed E-state index contributed by atoms with van der Waals surface area (Å²) in [5.41, 5.74) is 1.50. The Morgan fingerprint density at radius 3 is 2.68 bits per heavy atom. The van der Waals surface area contributed by atoms with Gasteiger partial charge in [0.15, 0.2) is 0 Å². The number of rotatable bonds is 6. The van der Waals surface area contributed by atoms with Crippen molar-refractivity contribution in [3.05, 3.63) is 47.9 Å². The van der Waals surface area contributed by atoms with E-state index in [4.69, 9.17) is 14.3 Å². The molecule has 0 saturated heterocycles. The Labute approximate surface area is 110 Å². The van der Waals surface area contributed by atoms with Crippen LogP contribution < -0.4 is 10.1 Å². The summed E-state index contributed by atoms with van der Waals surface area (Å²) in [6.45, 7) is 2.95. The number of carboxylic acids is 1. The van der Waals surface area contributed by atoms with E-state index in [0.717, 1.165) is 11.4 Å². The molecule has 1 aromatic carbocycles. The van der Waals surface area contributed by atoms with Crippen molar-refractivity contribution in [1.82, 2.24) is 0 Å². The predicted octanol–water partition coefficient (Wildman–Crippen LogP) is 2.99. The number of furan rings is 1. The van der Waals surface area contributed by atoms with Gasteiger partial charge in [-0.05, 0) is 37.3 Å². The van der Waals surface area contributed by atoms with Crippen LogP contribution >= 0.6 is 0 Å². The van der Waals surface area contributed by atoms with Crippen molar-refractivity contribution >= 4 is 11.7 Å². The molecule has 2 rings (SSSR count). The van der Waals surface area contributed by atoms with E-state index < -0.39 is 5.97 Å². The molecule has 0 aliphatic carbocycles. The van der Waals surface area contributed by atoms with Crippen molar-refractivity contribution in [2.75, 3.05) is 11.9 Å². The molecule has 19 heavy (non-hydrogen) atoms. The third kappa shape index (κ3) is 3.28. The highest BCUT2D eigenvalue weighted by atomic mass is 16.5. The average Bonchev–Trinajstić information content (AvgIpc) is 2.87. The van der Waals surface area contributed by atoms with E-state index in [0.29, 0.717) is 18.7 Å². The second-order valence-corrected chi connectivity index (χ2v) is 3.89. The van der Waals surface area contributed by atoms with E-state index >= 15 is 0 Å². The minimum atomic E-state index is -1.06. The van der Waals surface area contributed by atoms with Crippen LogP contribution in [0.15, 0.2) is 41.0 Å². The predicted molar refractivity (Wildman–Crippen MR) is 70.6 cm³/mol. The standard InChI is InChI=1S/C14H15NO4/c1-2-18-12-5-3-11(4-6-12)15-9-10-7-8-19-13(10)14(16)17/h3-8,15H,2,9H2,1H3,(H,16,17). The first-order valence-electron chi connectivity index (χ1n) is 5.97. The summed E-state index contributed by atoms with van der Waals surface area (Å²) >= 11 is 0. The maximum atomic E-state index is 10.9. The number of carbonyl (C=O) groups is 1. The molecule has 5 heteroatoms. The van der Waals surface area contributed by atoms with Crippen LogP contribution in [0.5, 0.6) is 5.75 Å². The smallest absolute Gasteiger partial charge is 0.372 e. The highest BCUT2D eigenvalue weighted by Crippen LogP contribution is 2.17. The fourth-order valence-corrected chi connectivity index (χ4v) is 1.70. The van der Waals surface area contributed by atoms with Crippen LogP contribution in [0.4, 0.5) is 5.69 Å². The van der Waals surface area contributed by atoms with Gasteiger partial charge in [0.25, 0.3) is 0 Å². The lowest BCUT2D eigenvalue weighted by Gasteiger charge is -2.07. The van der Waals surface area contributed by atoms with E-state index in [1.807, 2.05) is 31.2 Å². The van der Waals surface area contributed by atoms with Crippen molar-refractivity contribution < 1.29 is 19.1 Å². The maximum absolute atomic E-state index is 10.9. The first-order chi connectivity index (χ1) is 9.20. The summed E-state index contributed by atoms with van der Waals surface area (Å²) in [6, 6.07) is 9.13. The summed E-state index contributed by atoms with van der Waals surface area (Å²) in [6.07, 6.45) is 1.37. The van der Waals surface area contributed by atoms with E-state index in [-0.39, 0.29) is 5.76 Å². The third-order valence-electron chi connectivity index (χ3n) is 2.59. The molecule has 0 amide bonds. The highest BCUT2D eigenvalue weighted by molar-refractivity contribution is 5.86. The third-order valence-corrected chi connectivity index (χ3v) is 2.59. The molecular weight excluding hydrogens is 246 g/mol. The molecular formula is C14H15NO4. The normalized spacial score (nSPS) is 10.2. The fourth-order valence-electron chi connectivity index (χ4n) is 1.70. The molecule has 0 saturated carbocycles. The van der Waals surface area contributed by atoms with Crippen molar-refractivity contribution in [3.63, 3.8) is 0 Å². The minimum Gasteiger partial charge on any atom is -0.494 e. The summed E-state index contributed by atoms with van der Waals surface area (Å²) in [7, 11) is 0. The van der Waals surface area contributed by atoms with Crippen LogP contribution in [-0.2, 0) is 6.54 Å². The largest absolute Gasteiger partial charge is 0.494 e. The van der Waals surface area contributed by atoms with Crippen LogP contribution in [0.1, 0.15) is 23.0 Å². The van der Waals surface area contributed by atoms with E-state index in [2.05, 4.69) is 5.32 Å². The summed E-state index contributed by atoms with van der Waals surface area (Å²) in [4.78, 5) is 10.9. The molecule has 0 aliphatic heterocycles. The zero-order chi connectivity index (χ0) is 13.7. The van der Waals surface area contributed by atoms with E-state index in [1.54, 1.807) is 6.07 Å². The van der Waals surface area contributed by atoms with Crippen LogP contribution in [0.2, 0.25) is 0 Å². The molecule has 0 fully saturated rings. The van der Waals surface area contributed by atoms with Crippen molar-refractivity contribution in [1.29, 1.82) is 0 Å². The minimum absolute atomic E-state index is 0.0292. The van der Waals surface area contributed by atoms with Gasteiger partial charge in [-0.2, -0.15) is 0 Å². The van der Waals surface area contributed by atoms with Gasteiger partial charge in [0.05, 0.1) is 12.9 Å².